The van der Waals surface area contributed by atoms with E-state index in [2.05, 4.69) is 15.3 Å². The second-order valence-corrected chi connectivity index (χ2v) is 22.6. The highest BCUT2D eigenvalue weighted by molar-refractivity contribution is 5.79. The maximum atomic E-state index is 14.6. The van der Waals surface area contributed by atoms with Crippen LogP contribution in [0.25, 0.3) is 10.9 Å². The van der Waals surface area contributed by atoms with Crippen molar-refractivity contribution in [1.29, 1.82) is 0 Å². The molecular formula is C54H87FN6O12. The van der Waals surface area contributed by atoms with Gasteiger partial charge < -0.3 is 63.8 Å². The summed E-state index contributed by atoms with van der Waals surface area (Å²) in [4.78, 5) is 23.0. The Morgan fingerprint density at radius 3 is 2.37 bits per heavy atom. The fourth-order valence-corrected chi connectivity index (χ4v) is 11.6. The van der Waals surface area contributed by atoms with Crippen LogP contribution in [0.2, 0.25) is 0 Å². The highest BCUT2D eigenvalue weighted by Crippen LogP contribution is 2.40. The maximum absolute atomic E-state index is 14.6. The molecule has 73 heavy (non-hydrogen) atoms. The standard InChI is InChI=1S/C54H87FN6O12/c1-15-43-54(11,67)47(63)35(7)60(13)28-30(2)25-52(9,66)49(33(5)46(34(6)50(65)71-43)72-44-26-53(10,68-14)48(64)36(8)70-44)73-51-45(62)42(22-32(4)69-51)59(12)21-20-39-29-61(58-57-39)40(27-55)24-37-17-19-41-38(23-37)18-16-31(3)56-41/h16-19,23,29-30,32-36,40,42-49,51,62-64,66-67H,15,20-22,24-28H2,1-14H3/t30-,32-,33+,34-,35-,36+,40+,42+,43-,44+,45-,46+,47-,48+,49-,51+,52-,53-,54-/m1/s1. The zero-order valence-corrected chi connectivity index (χ0v) is 45.7. The zero-order chi connectivity index (χ0) is 53.9. The van der Waals surface area contributed by atoms with Gasteiger partial charge >= 0.3 is 5.97 Å². The summed E-state index contributed by atoms with van der Waals surface area (Å²) in [5.74, 6) is -2.84. The van der Waals surface area contributed by atoms with Gasteiger partial charge in [0.15, 0.2) is 12.6 Å². The summed E-state index contributed by atoms with van der Waals surface area (Å²) in [6.45, 7) is 19.7. The molecule has 412 valence electrons. The number of cyclic esters (lactones) is 1. The number of hydrogen-bond acceptors (Lipinski definition) is 17. The first kappa shape index (κ1) is 58.9. The summed E-state index contributed by atoms with van der Waals surface area (Å²) in [5, 5.41) is 69.5. The molecule has 0 aliphatic carbocycles. The maximum Gasteiger partial charge on any atom is 0.311 e. The SMILES string of the molecule is CC[C@H]1OC(=O)[C@H](C)[C@@H](O[C@H]2C[C@@](C)(OC)[C@@H](O)[C@H](C)O2)[C@H](C)[C@@H](O[C@@H]2O[C@H](C)C[C@H](N(C)CCc3cn([C@H](CF)Cc4ccc5nc(C)ccc5c4)nn3)[C@H]2O)[C@](C)(O)C[C@@H](C)CN(C)[C@H](C)[C@@H](O)[C@]1(C)O. The molecule has 0 unspecified atom stereocenters. The smallest absolute Gasteiger partial charge is 0.311 e. The molecule has 0 saturated carbocycles. The number of methoxy groups -OCH3 is 1. The number of benzene rings is 1. The lowest BCUT2D eigenvalue weighted by atomic mass is 9.77. The molecule has 3 aliphatic rings. The average molecular weight is 1030 g/mol. The van der Waals surface area contributed by atoms with Crippen LogP contribution in [0.4, 0.5) is 4.39 Å². The molecule has 0 radical (unpaired) electrons. The normalized spacial score (nSPS) is 39.2. The van der Waals surface area contributed by atoms with Crippen molar-refractivity contribution >= 4 is 16.9 Å². The summed E-state index contributed by atoms with van der Waals surface area (Å²) in [5.41, 5.74) is -1.12. The molecule has 3 aromatic rings. The Morgan fingerprint density at radius 2 is 1.70 bits per heavy atom. The van der Waals surface area contributed by atoms with E-state index in [1.54, 1.807) is 59.3 Å². The highest BCUT2D eigenvalue weighted by Gasteiger charge is 2.53. The number of halogens is 1. The van der Waals surface area contributed by atoms with Crippen LogP contribution in [-0.2, 0) is 46.1 Å². The fraction of sp³-hybridized carbons (Fsp3) is 0.778. The average Bonchev–Trinajstić information content (AvgIpc) is 3.82. The lowest BCUT2D eigenvalue weighted by Crippen LogP contribution is -2.61. The van der Waals surface area contributed by atoms with Crippen LogP contribution in [0.3, 0.4) is 0 Å². The van der Waals surface area contributed by atoms with Crippen LogP contribution in [0, 0.1) is 24.7 Å². The van der Waals surface area contributed by atoms with Gasteiger partial charge in [0.05, 0.1) is 58.8 Å². The number of aryl methyl sites for hydroxylation is 1. The summed E-state index contributed by atoms with van der Waals surface area (Å²) < 4.78 is 54.5. The van der Waals surface area contributed by atoms with E-state index < -0.39 is 115 Å². The lowest BCUT2D eigenvalue weighted by molar-refractivity contribution is -0.318. The predicted molar refractivity (Wildman–Crippen MR) is 272 cm³/mol. The number of nitrogens with zero attached hydrogens (tertiary/aromatic N) is 6. The van der Waals surface area contributed by atoms with Crippen molar-refractivity contribution in [3.05, 3.63) is 53.5 Å². The van der Waals surface area contributed by atoms with Crippen LogP contribution < -0.4 is 0 Å². The van der Waals surface area contributed by atoms with Crippen molar-refractivity contribution in [2.45, 2.75) is 211 Å². The molecule has 5 N–H and O–H groups in total. The van der Waals surface area contributed by atoms with Gasteiger partial charge in [0, 0.05) is 68.3 Å². The van der Waals surface area contributed by atoms with Gasteiger partial charge in [0.25, 0.3) is 0 Å². The molecule has 0 bridgehead atoms. The Bertz CT molecular complexity index is 2260. The van der Waals surface area contributed by atoms with Gasteiger partial charge in [0.2, 0.25) is 0 Å². The molecule has 0 spiro atoms. The van der Waals surface area contributed by atoms with Crippen LogP contribution in [0.5, 0.6) is 0 Å². The van der Waals surface area contributed by atoms with Crippen molar-refractivity contribution < 1.29 is 63.1 Å². The Kier molecular flexibility index (Phi) is 19.7. The van der Waals surface area contributed by atoms with Gasteiger partial charge in [-0.3, -0.25) is 9.78 Å². The number of rotatable bonds is 14. The van der Waals surface area contributed by atoms with E-state index in [9.17, 15) is 34.7 Å². The van der Waals surface area contributed by atoms with Gasteiger partial charge in [-0.05, 0) is 125 Å². The Hall–Kier alpha value is -3.31. The summed E-state index contributed by atoms with van der Waals surface area (Å²) in [6, 6.07) is 8.32. The molecule has 19 atom stereocenters. The van der Waals surface area contributed by atoms with Crippen molar-refractivity contribution in [3.63, 3.8) is 0 Å². The molecule has 2 aromatic heterocycles. The number of likely N-dealkylation sites (N-methyl/N-ethyl adjacent to an activating group) is 2. The van der Waals surface area contributed by atoms with Gasteiger partial charge in [-0.15, -0.1) is 5.10 Å². The van der Waals surface area contributed by atoms with Crippen LogP contribution in [0.15, 0.2) is 36.5 Å². The molecule has 5 heterocycles. The van der Waals surface area contributed by atoms with E-state index in [0.717, 1.165) is 22.2 Å². The molecule has 18 nitrogen and oxygen atoms in total. The van der Waals surface area contributed by atoms with E-state index in [1.807, 2.05) is 75.0 Å². The fourth-order valence-electron chi connectivity index (χ4n) is 11.6. The van der Waals surface area contributed by atoms with Gasteiger partial charge in [-0.2, -0.15) is 0 Å². The number of pyridine rings is 1. The van der Waals surface area contributed by atoms with Crippen molar-refractivity contribution in [2.75, 3.05) is 41.0 Å². The Balaban J connectivity index is 1.26. The van der Waals surface area contributed by atoms with E-state index in [4.69, 9.17) is 28.4 Å². The summed E-state index contributed by atoms with van der Waals surface area (Å²) >= 11 is 0. The van der Waals surface area contributed by atoms with Crippen LogP contribution in [-0.4, -0.2) is 193 Å². The van der Waals surface area contributed by atoms with Crippen molar-refractivity contribution in [1.82, 2.24) is 29.8 Å². The Labute approximate surface area is 431 Å². The van der Waals surface area contributed by atoms with Crippen LogP contribution in [0.1, 0.15) is 118 Å². The summed E-state index contributed by atoms with van der Waals surface area (Å²) in [7, 11) is 5.23. The lowest BCUT2D eigenvalue weighted by Gasteiger charge is -2.49. The first-order valence-corrected chi connectivity index (χ1v) is 26.3. The molecule has 6 rings (SSSR count). The number of aromatic nitrogens is 4. The number of carbonyl (C=O) groups is 1. The number of ether oxygens (including phenoxy) is 6. The number of carbonyl (C=O) groups excluding carboxylic acids is 1. The Morgan fingerprint density at radius 1 is 0.986 bits per heavy atom. The number of aliphatic hydroxyl groups excluding tert-OH is 3. The van der Waals surface area contributed by atoms with E-state index in [0.29, 0.717) is 38.0 Å². The van der Waals surface area contributed by atoms with Crippen molar-refractivity contribution in [3.8, 4) is 0 Å². The zero-order valence-electron chi connectivity index (χ0n) is 45.7. The molecule has 3 aliphatic heterocycles. The summed E-state index contributed by atoms with van der Waals surface area (Å²) in [6.07, 6.45) is -6.65. The van der Waals surface area contributed by atoms with E-state index >= 15 is 0 Å². The second kappa shape index (κ2) is 24.3. The largest absolute Gasteiger partial charge is 0.459 e. The minimum Gasteiger partial charge on any atom is -0.459 e. The molecule has 1 aromatic carbocycles. The minimum absolute atomic E-state index is 0.0908. The first-order valence-electron chi connectivity index (χ1n) is 26.3. The van der Waals surface area contributed by atoms with E-state index in [1.165, 1.54) is 14.0 Å². The molecular weight excluding hydrogens is 944 g/mol. The second-order valence-electron chi connectivity index (χ2n) is 22.6. The van der Waals surface area contributed by atoms with Gasteiger partial charge in [-0.1, -0.05) is 38.1 Å². The van der Waals surface area contributed by atoms with Crippen molar-refractivity contribution in [2.24, 2.45) is 17.8 Å². The molecule has 0 amide bonds. The van der Waals surface area contributed by atoms with Gasteiger partial charge in [0.1, 0.15) is 36.7 Å². The minimum atomic E-state index is -1.85. The topological polar surface area (TPSA) is 224 Å². The third kappa shape index (κ3) is 13.6. The monoisotopic (exact) mass is 1030 g/mol. The number of aliphatic hydroxyl groups is 5. The molecule has 19 heteroatoms. The third-order valence-corrected chi connectivity index (χ3v) is 16.3. The molecule has 3 fully saturated rings. The predicted octanol–water partition coefficient (Wildman–Crippen LogP) is 4.72. The van der Waals surface area contributed by atoms with Crippen LogP contribution >= 0.6 is 0 Å². The highest BCUT2D eigenvalue weighted by atomic mass is 19.1. The number of hydrogen-bond donors (Lipinski definition) is 5. The number of fused-ring (bicyclic) bond motifs is 1. The van der Waals surface area contributed by atoms with E-state index in [-0.39, 0.29) is 31.3 Å². The quantitative estimate of drug-likeness (QED) is 0.138. The number of esters is 1. The van der Waals surface area contributed by atoms with Gasteiger partial charge in [-0.25, -0.2) is 9.07 Å². The first-order chi connectivity index (χ1) is 34.2. The molecule has 3 saturated heterocycles. The number of alkyl halides is 1. The third-order valence-electron chi connectivity index (χ3n) is 16.3.